The highest BCUT2D eigenvalue weighted by Crippen LogP contribution is 2.25. The van der Waals surface area contributed by atoms with Crippen LogP contribution >= 0.6 is 15.9 Å². The zero-order valence-corrected chi connectivity index (χ0v) is 16.5. The molecule has 1 heterocycles. The molecule has 142 valence electrons. The molecule has 3 aromatic rings. The van der Waals surface area contributed by atoms with Crippen molar-refractivity contribution in [2.24, 2.45) is 0 Å². The SMILES string of the molecule is O=C(O[C@H](C(=O)NC1CC1)c1ccccc1)c1cc(-c2ccc(Br)cc2)n[nH]1. The van der Waals surface area contributed by atoms with E-state index in [9.17, 15) is 9.59 Å². The lowest BCUT2D eigenvalue weighted by Gasteiger charge is -2.17. The number of hydrogen-bond acceptors (Lipinski definition) is 4. The highest BCUT2D eigenvalue weighted by atomic mass is 79.9. The summed E-state index contributed by atoms with van der Waals surface area (Å²) in [5, 5.41) is 9.78. The first-order valence-electron chi connectivity index (χ1n) is 8.98. The second-order valence-electron chi connectivity index (χ2n) is 6.65. The van der Waals surface area contributed by atoms with Gasteiger partial charge < -0.3 is 10.1 Å². The number of halogens is 1. The van der Waals surface area contributed by atoms with Gasteiger partial charge in [-0.25, -0.2) is 4.79 Å². The average molecular weight is 440 g/mol. The van der Waals surface area contributed by atoms with Gasteiger partial charge in [0.15, 0.2) is 0 Å². The van der Waals surface area contributed by atoms with Crippen LogP contribution in [0.4, 0.5) is 0 Å². The number of esters is 1. The molecule has 1 aliphatic rings. The van der Waals surface area contributed by atoms with Crippen molar-refractivity contribution >= 4 is 27.8 Å². The van der Waals surface area contributed by atoms with Gasteiger partial charge in [0.05, 0.1) is 5.69 Å². The van der Waals surface area contributed by atoms with Gasteiger partial charge in [0.2, 0.25) is 6.10 Å². The molecule has 0 aliphatic heterocycles. The summed E-state index contributed by atoms with van der Waals surface area (Å²) >= 11 is 3.39. The number of nitrogens with zero attached hydrogens (tertiary/aromatic N) is 1. The van der Waals surface area contributed by atoms with Gasteiger partial charge in [-0.3, -0.25) is 9.89 Å². The summed E-state index contributed by atoms with van der Waals surface area (Å²) in [7, 11) is 0. The molecule has 0 spiro atoms. The van der Waals surface area contributed by atoms with Crippen LogP contribution in [0, 0.1) is 0 Å². The predicted octanol–water partition coefficient (Wildman–Crippen LogP) is 4.02. The molecule has 1 aliphatic carbocycles. The summed E-state index contributed by atoms with van der Waals surface area (Å²) < 4.78 is 6.51. The number of amides is 1. The van der Waals surface area contributed by atoms with Crippen molar-refractivity contribution in [2.45, 2.75) is 25.0 Å². The maximum atomic E-state index is 12.7. The first kappa shape index (κ1) is 18.4. The van der Waals surface area contributed by atoms with E-state index in [1.54, 1.807) is 18.2 Å². The van der Waals surface area contributed by atoms with Gasteiger partial charge in [-0.15, -0.1) is 0 Å². The van der Waals surface area contributed by atoms with E-state index in [4.69, 9.17) is 4.74 Å². The molecule has 6 nitrogen and oxygen atoms in total. The summed E-state index contributed by atoms with van der Waals surface area (Å²) in [6.45, 7) is 0. The van der Waals surface area contributed by atoms with Gasteiger partial charge in [0, 0.05) is 21.6 Å². The molecule has 1 fully saturated rings. The van der Waals surface area contributed by atoms with Crippen LogP contribution in [-0.4, -0.2) is 28.1 Å². The van der Waals surface area contributed by atoms with Crippen LogP contribution in [-0.2, 0) is 9.53 Å². The molecule has 1 aromatic heterocycles. The Hall–Kier alpha value is -2.93. The Bertz CT molecular complexity index is 982. The van der Waals surface area contributed by atoms with Crippen LogP contribution < -0.4 is 5.32 Å². The van der Waals surface area contributed by atoms with Crippen molar-refractivity contribution in [1.82, 2.24) is 15.5 Å². The predicted molar refractivity (Wildman–Crippen MR) is 107 cm³/mol. The number of nitrogens with one attached hydrogen (secondary N) is 2. The molecule has 1 saturated carbocycles. The average Bonchev–Trinajstić information content (AvgIpc) is 3.38. The molecule has 2 aromatic carbocycles. The topological polar surface area (TPSA) is 84.1 Å². The standard InChI is InChI=1S/C21H18BrN3O3/c22-15-8-6-13(7-9-15)17-12-18(25-24-17)21(27)28-19(14-4-2-1-3-5-14)20(26)23-16-10-11-16/h1-9,12,16,19H,10-11H2,(H,23,26)(H,24,25)/t19-/m0/s1. The number of carbonyl (C=O) groups excluding carboxylic acids is 2. The number of hydrogen-bond donors (Lipinski definition) is 2. The Morgan fingerprint density at radius 1 is 1.11 bits per heavy atom. The van der Waals surface area contributed by atoms with E-state index in [2.05, 4.69) is 31.4 Å². The molecule has 2 N–H and O–H groups in total. The number of aromatic nitrogens is 2. The van der Waals surface area contributed by atoms with Gasteiger partial charge in [0.25, 0.3) is 5.91 Å². The van der Waals surface area contributed by atoms with E-state index in [-0.39, 0.29) is 17.6 Å². The minimum atomic E-state index is -1.01. The molecule has 28 heavy (non-hydrogen) atoms. The zero-order valence-electron chi connectivity index (χ0n) is 14.9. The quantitative estimate of drug-likeness (QED) is 0.568. The number of aromatic amines is 1. The van der Waals surface area contributed by atoms with Crippen LogP contribution in [0.2, 0.25) is 0 Å². The van der Waals surface area contributed by atoms with Crippen molar-refractivity contribution in [2.75, 3.05) is 0 Å². The molecule has 0 unspecified atom stereocenters. The van der Waals surface area contributed by atoms with E-state index in [1.807, 2.05) is 42.5 Å². The minimum absolute atomic E-state index is 0.175. The first-order valence-corrected chi connectivity index (χ1v) is 9.77. The van der Waals surface area contributed by atoms with Crippen LogP contribution in [0.5, 0.6) is 0 Å². The van der Waals surface area contributed by atoms with Gasteiger partial charge >= 0.3 is 5.97 Å². The third-order valence-corrected chi connectivity index (χ3v) is 4.96. The molecule has 0 bridgehead atoms. The third-order valence-electron chi connectivity index (χ3n) is 4.43. The third kappa shape index (κ3) is 4.31. The van der Waals surface area contributed by atoms with Crippen molar-refractivity contribution in [3.63, 3.8) is 0 Å². The Morgan fingerprint density at radius 2 is 1.82 bits per heavy atom. The maximum Gasteiger partial charge on any atom is 0.357 e. The van der Waals surface area contributed by atoms with Gasteiger partial charge in [-0.05, 0) is 31.0 Å². The highest BCUT2D eigenvalue weighted by Gasteiger charge is 2.31. The van der Waals surface area contributed by atoms with E-state index in [1.165, 1.54) is 0 Å². The summed E-state index contributed by atoms with van der Waals surface area (Å²) in [6, 6.07) is 18.4. The Labute approximate surface area is 170 Å². The molecule has 1 amide bonds. The van der Waals surface area contributed by atoms with E-state index in [0.29, 0.717) is 11.3 Å². The summed E-state index contributed by atoms with van der Waals surface area (Å²) in [5.74, 6) is -0.939. The molecule has 0 radical (unpaired) electrons. The highest BCUT2D eigenvalue weighted by molar-refractivity contribution is 9.10. The lowest BCUT2D eigenvalue weighted by atomic mass is 10.1. The Kier molecular flexibility index (Phi) is 5.25. The fraction of sp³-hybridized carbons (Fsp3) is 0.190. The monoisotopic (exact) mass is 439 g/mol. The lowest BCUT2D eigenvalue weighted by molar-refractivity contribution is -0.130. The smallest absolute Gasteiger partial charge is 0.357 e. The fourth-order valence-electron chi connectivity index (χ4n) is 2.77. The first-order chi connectivity index (χ1) is 13.6. The van der Waals surface area contributed by atoms with Crippen LogP contribution in [0.3, 0.4) is 0 Å². The largest absolute Gasteiger partial charge is 0.443 e. The Morgan fingerprint density at radius 3 is 2.50 bits per heavy atom. The number of ether oxygens (including phenoxy) is 1. The van der Waals surface area contributed by atoms with Crippen molar-refractivity contribution in [3.8, 4) is 11.3 Å². The molecule has 4 rings (SSSR count). The molecular formula is C21H18BrN3O3. The van der Waals surface area contributed by atoms with E-state index < -0.39 is 12.1 Å². The second-order valence-corrected chi connectivity index (χ2v) is 7.57. The van der Waals surface area contributed by atoms with Crippen LogP contribution in [0.1, 0.15) is 35.0 Å². The van der Waals surface area contributed by atoms with Crippen molar-refractivity contribution in [3.05, 3.63) is 76.4 Å². The van der Waals surface area contributed by atoms with E-state index >= 15 is 0 Å². The molecule has 0 saturated heterocycles. The van der Waals surface area contributed by atoms with Gasteiger partial charge in [0.1, 0.15) is 5.69 Å². The number of H-pyrrole nitrogens is 1. The summed E-state index contributed by atoms with van der Waals surface area (Å²) in [5.41, 5.74) is 2.31. The summed E-state index contributed by atoms with van der Waals surface area (Å²) in [4.78, 5) is 25.3. The van der Waals surface area contributed by atoms with Crippen LogP contribution in [0.25, 0.3) is 11.3 Å². The zero-order chi connectivity index (χ0) is 19.5. The number of benzene rings is 2. The normalized spacial score (nSPS) is 14.3. The summed E-state index contributed by atoms with van der Waals surface area (Å²) in [6.07, 6.45) is 0.907. The maximum absolute atomic E-state index is 12.7. The van der Waals surface area contributed by atoms with Gasteiger partial charge in [-0.2, -0.15) is 5.10 Å². The lowest BCUT2D eigenvalue weighted by Crippen LogP contribution is -2.33. The minimum Gasteiger partial charge on any atom is -0.443 e. The Balaban J connectivity index is 1.52. The van der Waals surface area contributed by atoms with Crippen molar-refractivity contribution < 1.29 is 14.3 Å². The molecule has 1 atom stereocenters. The molecule has 7 heteroatoms. The van der Waals surface area contributed by atoms with Crippen LogP contribution in [0.15, 0.2) is 65.1 Å². The van der Waals surface area contributed by atoms with Gasteiger partial charge in [-0.1, -0.05) is 58.4 Å². The molecular weight excluding hydrogens is 422 g/mol. The van der Waals surface area contributed by atoms with E-state index in [0.717, 1.165) is 22.9 Å². The van der Waals surface area contributed by atoms with Crippen molar-refractivity contribution in [1.29, 1.82) is 0 Å². The number of rotatable bonds is 6. The number of carbonyl (C=O) groups is 2. The second kappa shape index (κ2) is 7.98. The fourth-order valence-corrected chi connectivity index (χ4v) is 3.03.